The lowest BCUT2D eigenvalue weighted by Gasteiger charge is -2.20. The van der Waals surface area contributed by atoms with Crippen molar-refractivity contribution in [3.05, 3.63) is 24.3 Å². The lowest BCUT2D eigenvalue weighted by atomic mass is 10.0. The number of hydrogen-bond acceptors (Lipinski definition) is 5. The molecule has 3 N–H and O–H groups in total. The molecule has 0 bridgehead atoms. The maximum absolute atomic E-state index is 12.4. The van der Waals surface area contributed by atoms with Gasteiger partial charge in [-0.2, -0.15) is 0 Å². The summed E-state index contributed by atoms with van der Waals surface area (Å²) < 4.78 is 5.44. The molecule has 55 heavy (non-hydrogen) atoms. The van der Waals surface area contributed by atoms with Crippen LogP contribution in [-0.2, 0) is 14.3 Å². The molecule has 0 saturated carbocycles. The molecule has 0 aromatic carbocycles. The van der Waals surface area contributed by atoms with E-state index in [1.807, 2.05) is 6.08 Å². The Balaban J connectivity index is 3.50. The number of unbranched alkanes of at least 4 members (excludes halogenated alkanes) is 31. The number of nitrogens with one attached hydrogen (secondary N) is 1. The number of allylic oxidation sites excluding steroid dienone is 3. The fourth-order valence-electron chi connectivity index (χ4n) is 7.21. The van der Waals surface area contributed by atoms with Gasteiger partial charge in [0.2, 0.25) is 5.91 Å². The van der Waals surface area contributed by atoms with Gasteiger partial charge in [-0.05, 0) is 64.2 Å². The molecule has 0 saturated heterocycles. The molecule has 324 valence electrons. The molecule has 6 heteroatoms. The van der Waals surface area contributed by atoms with Gasteiger partial charge in [0.1, 0.15) is 0 Å². The van der Waals surface area contributed by atoms with Crippen molar-refractivity contribution >= 4 is 11.9 Å². The molecule has 0 rings (SSSR count). The quantitative estimate of drug-likeness (QED) is 0.0325. The Hall–Kier alpha value is -1.66. The average molecular weight is 776 g/mol. The van der Waals surface area contributed by atoms with Gasteiger partial charge in [-0.1, -0.05) is 199 Å². The number of esters is 1. The highest BCUT2D eigenvalue weighted by Gasteiger charge is 2.18. The van der Waals surface area contributed by atoms with E-state index in [-0.39, 0.29) is 18.5 Å². The van der Waals surface area contributed by atoms with E-state index in [1.165, 1.54) is 148 Å². The van der Waals surface area contributed by atoms with Crippen LogP contribution in [0.15, 0.2) is 24.3 Å². The van der Waals surface area contributed by atoms with Crippen LogP contribution < -0.4 is 5.32 Å². The fraction of sp³-hybridized carbons (Fsp3) is 0.878. The van der Waals surface area contributed by atoms with E-state index in [0.717, 1.165) is 77.0 Å². The predicted octanol–water partition coefficient (Wildman–Crippen LogP) is 14.0. The first-order valence-corrected chi connectivity index (χ1v) is 24.1. The second kappa shape index (κ2) is 45.0. The van der Waals surface area contributed by atoms with Crippen LogP contribution >= 0.6 is 0 Å². The lowest BCUT2D eigenvalue weighted by Crippen LogP contribution is -2.45. The second-order valence-corrected chi connectivity index (χ2v) is 16.4. The van der Waals surface area contributed by atoms with Crippen molar-refractivity contribution in [1.82, 2.24) is 5.32 Å². The number of rotatable bonds is 44. The molecule has 0 aliphatic carbocycles. The van der Waals surface area contributed by atoms with Crippen LogP contribution in [0.25, 0.3) is 0 Å². The largest absolute Gasteiger partial charge is 0.466 e. The molecule has 2 unspecified atom stereocenters. The number of aliphatic hydroxyl groups excluding tert-OH is 2. The van der Waals surface area contributed by atoms with Crippen LogP contribution in [0.4, 0.5) is 0 Å². The van der Waals surface area contributed by atoms with Gasteiger partial charge in [-0.15, -0.1) is 0 Å². The minimum atomic E-state index is -0.857. The van der Waals surface area contributed by atoms with Gasteiger partial charge in [0.25, 0.3) is 0 Å². The summed E-state index contributed by atoms with van der Waals surface area (Å²) in [4.78, 5) is 24.4. The standard InChI is InChI=1S/C49H93NO5/c1-3-5-7-9-11-13-15-16-17-18-19-23-27-31-35-39-43-49(54)55-44-40-36-32-28-24-21-20-22-26-30-34-38-42-48(53)50-46(45-51)47(52)41-37-33-29-25-14-12-10-8-6-4-2/h21,24,37,41,46-47,51-52H,3-20,22-23,25-36,38-40,42-45H2,1-2H3,(H,50,53)/b24-21-,41-37+. The van der Waals surface area contributed by atoms with Crippen molar-refractivity contribution in [3.8, 4) is 0 Å². The molecule has 0 fully saturated rings. The number of amides is 1. The summed E-state index contributed by atoms with van der Waals surface area (Å²) in [6.07, 6.45) is 51.7. The highest BCUT2D eigenvalue weighted by molar-refractivity contribution is 5.76. The van der Waals surface area contributed by atoms with Crippen LogP contribution in [0.1, 0.15) is 251 Å². The number of carbonyl (C=O) groups excluding carboxylic acids is 2. The molecule has 2 atom stereocenters. The minimum absolute atomic E-state index is 0.0219. The molecule has 6 nitrogen and oxygen atoms in total. The van der Waals surface area contributed by atoms with Crippen molar-refractivity contribution in [3.63, 3.8) is 0 Å². The first kappa shape index (κ1) is 53.3. The maximum Gasteiger partial charge on any atom is 0.305 e. The lowest BCUT2D eigenvalue weighted by molar-refractivity contribution is -0.143. The summed E-state index contributed by atoms with van der Waals surface area (Å²) in [7, 11) is 0. The monoisotopic (exact) mass is 776 g/mol. The van der Waals surface area contributed by atoms with Crippen LogP contribution in [-0.4, -0.2) is 47.4 Å². The van der Waals surface area contributed by atoms with Crippen molar-refractivity contribution in [1.29, 1.82) is 0 Å². The van der Waals surface area contributed by atoms with Crippen molar-refractivity contribution in [2.45, 2.75) is 264 Å². The van der Waals surface area contributed by atoms with Crippen molar-refractivity contribution < 1.29 is 24.5 Å². The number of carbonyl (C=O) groups is 2. The maximum atomic E-state index is 12.4. The Morgan fingerprint density at radius 1 is 0.491 bits per heavy atom. The molecular weight excluding hydrogens is 683 g/mol. The Kier molecular flexibility index (Phi) is 43.7. The Morgan fingerprint density at radius 3 is 1.29 bits per heavy atom. The molecule has 0 radical (unpaired) electrons. The van der Waals surface area contributed by atoms with E-state index < -0.39 is 12.1 Å². The molecule has 0 aromatic heterocycles. The SMILES string of the molecule is CCCCCCCCCC/C=C/C(O)C(CO)NC(=O)CCCCCCC/C=C\CCCCCOC(=O)CCCCCCCCCCCCCCCCCC. The minimum Gasteiger partial charge on any atom is -0.466 e. The van der Waals surface area contributed by atoms with Gasteiger partial charge in [0.05, 0.1) is 25.4 Å². The van der Waals surface area contributed by atoms with Crippen LogP contribution in [0.2, 0.25) is 0 Å². The van der Waals surface area contributed by atoms with Crippen molar-refractivity contribution in [2.24, 2.45) is 0 Å². The molecule has 0 aliphatic heterocycles. The third-order valence-corrected chi connectivity index (χ3v) is 11.0. The molecule has 0 aromatic rings. The van der Waals surface area contributed by atoms with Crippen LogP contribution in [0, 0.1) is 0 Å². The molecule has 1 amide bonds. The zero-order valence-corrected chi connectivity index (χ0v) is 36.7. The van der Waals surface area contributed by atoms with Gasteiger partial charge >= 0.3 is 5.97 Å². The summed E-state index contributed by atoms with van der Waals surface area (Å²) in [5, 5.41) is 22.9. The van der Waals surface area contributed by atoms with Crippen molar-refractivity contribution in [2.75, 3.05) is 13.2 Å². The first-order valence-electron chi connectivity index (χ1n) is 24.1. The Bertz CT molecular complexity index is 858. The first-order chi connectivity index (χ1) is 27.0. The summed E-state index contributed by atoms with van der Waals surface area (Å²) in [5.74, 6) is -0.118. The van der Waals surface area contributed by atoms with E-state index >= 15 is 0 Å². The second-order valence-electron chi connectivity index (χ2n) is 16.4. The predicted molar refractivity (Wildman–Crippen MR) is 236 cm³/mol. The fourth-order valence-corrected chi connectivity index (χ4v) is 7.21. The molecule has 0 aliphatic rings. The average Bonchev–Trinajstić information content (AvgIpc) is 3.18. The van der Waals surface area contributed by atoms with E-state index in [2.05, 4.69) is 31.3 Å². The zero-order valence-electron chi connectivity index (χ0n) is 36.7. The third-order valence-electron chi connectivity index (χ3n) is 11.0. The topological polar surface area (TPSA) is 95.9 Å². The van der Waals surface area contributed by atoms with Gasteiger partial charge in [-0.3, -0.25) is 9.59 Å². The number of hydrogen-bond donors (Lipinski definition) is 3. The van der Waals surface area contributed by atoms with Crippen LogP contribution in [0.5, 0.6) is 0 Å². The molecule has 0 spiro atoms. The number of ether oxygens (including phenoxy) is 1. The Labute approximate surface area is 341 Å². The van der Waals surface area contributed by atoms with E-state index in [9.17, 15) is 19.8 Å². The smallest absolute Gasteiger partial charge is 0.305 e. The summed E-state index contributed by atoms with van der Waals surface area (Å²) in [6.45, 7) is 4.82. The number of aliphatic hydroxyl groups is 2. The van der Waals surface area contributed by atoms with E-state index in [1.54, 1.807) is 6.08 Å². The van der Waals surface area contributed by atoms with Gasteiger partial charge in [0, 0.05) is 12.8 Å². The highest BCUT2D eigenvalue weighted by atomic mass is 16.5. The Morgan fingerprint density at radius 2 is 0.855 bits per heavy atom. The summed E-state index contributed by atoms with van der Waals surface area (Å²) in [6, 6.07) is -0.644. The van der Waals surface area contributed by atoms with Gasteiger partial charge < -0.3 is 20.3 Å². The highest BCUT2D eigenvalue weighted by Crippen LogP contribution is 2.15. The summed E-state index contributed by atoms with van der Waals surface area (Å²) in [5.41, 5.74) is 0. The molecular formula is C49H93NO5. The van der Waals surface area contributed by atoms with E-state index in [4.69, 9.17) is 4.74 Å². The molecule has 0 heterocycles. The van der Waals surface area contributed by atoms with E-state index in [0.29, 0.717) is 19.4 Å². The third kappa shape index (κ3) is 41.8. The zero-order chi connectivity index (χ0) is 40.1. The van der Waals surface area contributed by atoms with Crippen LogP contribution in [0.3, 0.4) is 0 Å². The van der Waals surface area contributed by atoms with Gasteiger partial charge in [-0.25, -0.2) is 0 Å². The normalized spacial score (nSPS) is 12.9. The summed E-state index contributed by atoms with van der Waals surface area (Å²) >= 11 is 0. The van der Waals surface area contributed by atoms with Gasteiger partial charge in [0.15, 0.2) is 0 Å².